The van der Waals surface area contributed by atoms with E-state index in [-0.39, 0.29) is 24.5 Å². The van der Waals surface area contributed by atoms with Crippen molar-refractivity contribution in [1.29, 1.82) is 0 Å². The van der Waals surface area contributed by atoms with Crippen molar-refractivity contribution in [3.8, 4) is 11.5 Å². The lowest BCUT2D eigenvalue weighted by Gasteiger charge is -2.09. The Bertz CT molecular complexity index is 581. The van der Waals surface area contributed by atoms with Crippen LogP contribution in [0, 0.1) is 5.82 Å². The summed E-state index contributed by atoms with van der Waals surface area (Å²) in [6.45, 7) is 0.433. The molecule has 0 heterocycles. The highest BCUT2D eigenvalue weighted by Gasteiger charge is 2.03. The van der Waals surface area contributed by atoms with Crippen LogP contribution in [-0.2, 0) is 0 Å². The molecule has 104 valence electrons. The zero-order valence-corrected chi connectivity index (χ0v) is 10.6. The molecule has 0 saturated carbocycles. The first-order chi connectivity index (χ1) is 9.66. The van der Waals surface area contributed by atoms with Gasteiger partial charge < -0.3 is 14.6 Å². The van der Waals surface area contributed by atoms with E-state index in [0.717, 1.165) is 0 Å². The van der Waals surface area contributed by atoms with E-state index in [1.165, 1.54) is 24.3 Å². The van der Waals surface area contributed by atoms with Crippen molar-refractivity contribution in [3.63, 3.8) is 0 Å². The van der Waals surface area contributed by atoms with Crippen molar-refractivity contribution in [2.45, 2.75) is 0 Å². The first-order valence-electron chi connectivity index (χ1n) is 6.00. The molecule has 2 aromatic carbocycles. The topological polar surface area (TPSA) is 55.8 Å². The van der Waals surface area contributed by atoms with Gasteiger partial charge >= 0.3 is 5.97 Å². The Hall–Kier alpha value is -2.56. The summed E-state index contributed by atoms with van der Waals surface area (Å²) in [4.78, 5) is 10.7. The van der Waals surface area contributed by atoms with Crippen LogP contribution in [0.3, 0.4) is 0 Å². The maximum Gasteiger partial charge on any atom is 0.335 e. The van der Waals surface area contributed by atoms with Gasteiger partial charge in [-0.25, -0.2) is 9.18 Å². The van der Waals surface area contributed by atoms with Gasteiger partial charge in [-0.15, -0.1) is 0 Å². The molecule has 5 heteroatoms. The number of ether oxygens (including phenoxy) is 2. The molecular formula is C15H13FO4. The molecule has 0 unspecified atom stereocenters. The second-order valence-electron chi connectivity index (χ2n) is 3.96. The minimum atomic E-state index is -0.987. The Morgan fingerprint density at radius 3 is 2.30 bits per heavy atom. The molecule has 0 bridgehead atoms. The van der Waals surface area contributed by atoms with E-state index in [1.54, 1.807) is 24.3 Å². The van der Waals surface area contributed by atoms with E-state index >= 15 is 0 Å². The van der Waals surface area contributed by atoms with Crippen LogP contribution in [-0.4, -0.2) is 24.3 Å². The molecule has 0 radical (unpaired) electrons. The molecule has 0 spiro atoms. The summed E-state index contributed by atoms with van der Waals surface area (Å²) in [6.07, 6.45) is 0. The van der Waals surface area contributed by atoms with Gasteiger partial charge in [0.25, 0.3) is 0 Å². The summed E-state index contributed by atoms with van der Waals surface area (Å²) in [5, 5.41) is 8.75. The van der Waals surface area contributed by atoms with Crippen molar-refractivity contribution in [1.82, 2.24) is 0 Å². The lowest BCUT2D eigenvalue weighted by molar-refractivity contribution is 0.0697. The molecule has 20 heavy (non-hydrogen) atoms. The monoisotopic (exact) mass is 276 g/mol. The number of aromatic carboxylic acids is 1. The van der Waals surface area contributed by atoms with Gasteiger partial charge in [-0.2, -0.15) is 0 Å². The van der Waals surface area contributed by atoms with Crippen LogP contribution in [0.1, 0.15) is 10.4 Å². The number of carboxylic acid groups (broad SMARTS) is 1. The third-order valence-corrected chi connectivity index (χ3v) is 2.55. The molecular weight excluding hydrogens is 263 g/mol. The molecule has 2 rings (SSSR count). The van der Waals surface area contributed by atoms with Crippen molar-refractivity contribution in [3.05, 3.63) is 59.9 Å². The number of carbonyl (C=O) groups is 1. The lowest BCUT2D eigenvalue weighted by atomic mass is 10.2. The molecule has 0 saturated heterocycles. The summed E-state index contributed by atoms with van der Waals surface area (Å²) in [5.41, 5.74) is 0.194. The molecule has 0 fully saturated rings. The highest BCUT2D eigenvalue weighted by molar-refractivity contribution is 5.87. The van der Waals surface area contributed by atoms with E-state index in [1.807, 2.05) is 0 Å². The van der Waals surface area contributed by atoms with Gasteiger partial charge in [0.1, 0.15) is 19.0 Å². The number of hydrogen-bond acceptors (Lipinski definition) is 3. The van der Waals surface area contributed by atoms with E-state index < -0.39 is 11.8 Å². The van der Waals surface area contributed by atoms with Gasteiger partial charge in [0, 0.05) is 0 Å². The van der Waals surface area contributed by atoms with Crippen LogP contribution in [0.25, 0.3) is 0 Å². The summed E-state index contributed by atoms with van der Waals surface area (Å²) in [5.74, 6) is -0.692. The van der Waals surface area contributed by atoms with Crippen LogP contribution in [0.2, 0.25) is 0 Å². The van der Waals surface area contributed by atoms with E-state index in [9.17, 15) is 9.18 Å². The number of benzene rings is 2. The Balaban J connectivity index is 1.79. The van der Waals surface area contributed by atoms with Gasteiger partial charge in [-0.1, -0.05) is 12.1 Å². The molecule has 4 nitrogen and oxygen atoms in total. The second kappa shape index (κ2) is 6.56. The molecule has 0 aliphatic carbocycles. The number of hydrogen-bond donors (Lipinski definition) is 1. The molecule has 0 atom stereocenters. The second-order valence-corrected chi connectivity index (χ2v) is 3.96. The predicted octanol–water partition coefficient (Wildman–Crippen LogP) is 2.98. The Morgan fingerprint density at radius 1 is 1.00 bits per heavy atom. The average Bonchev–Trinajstić information content (AvgIpc) is 2.46. The minimum absolute atomic E-state index is 0.178. The predicted molar refractivity (Wildman–Crippen MR) is 70.8 cm³/mol. The van der Waals surface area contributed by atoms with E-state index in [2.05, 4.69) is 0 Å². The van der Waals surface area contributed by atoms with Gasteiger partial charge in [-0.3, -0.25) is 0 Å². The smallest absolute Gasteiger partial charge is 0.335 e. The summed E-state index contributed by atoms with van der Waals surface area (Å²) >= 11 is 0. The number of para-hydroxylation sites is 1. The molecule has 1 N–H and O–H groups in total. The minimum Gasteiger partial charge on any atom is -0.490 e. The third kappa shape index (κ3) is 3.71. The van der Waals surface area contributed by atoms with Crippen LogP contribution in [0.4, 0.5) is 4.39 Å². The molecule has 0 amide bonds. The first kappa shape index (κ1) is 13.9. The van der Waals surface area contributed by atoms with Crippen LogP contribution >= 0.6 is 0 Å². The zero-order chi connectivity index (χ0) is 14.4. The summed E-state index contributed by atoms with van der Waals surface area (Å²) in [6, 6.07) is 12.2. The fraction of sp³-hybridized carbons (Fsp3) is 0.133. The van der Waals surface area contributed by atoms with Crippen molar-refractivity contribution in [2.24, 2.45) is 0 Å². The fourth-order valence-electron chi connectivity index (χ4n) is 1.57. The molecule has 0 aliphatic heterocycles. The summed E-state index contributed by atoms with van der Waals surface area (Å²) in [7, 11) is 0. The normalized spacial score (nSPS) is 10.1. The number of carboxylic acids is 1. The van der Waals surface area contributed by atoms with Crippen molar-refractivity contribution >= 4 is 5.97 Å². The first-order valence-corrected chi connectivity index (χ1v) is 6.00. The maximum atomic E-state index is 13.2. The van der Waals surface area contributed by atoms with E-state index in [0.29, 0.717) is 5.75 Å². The maximum absolute atomic E-state index is 13.2. The highest BCUT2D eigenvalue weighted by Crippen LogP contribution is 2.15. The Morgan fingerprint density at radius 2 is 1.65 bits per heavy atom. The van der Waals surface area contributed by atoms with E-state index in [4.69, 9.17) is 14.6 Å². The van der Waals surface area contributed by atoms with Crippen LogP contribution in [0.5, 0.6) is 11.5 Å². The van der Waals surface area contributed by atoms with Gasteiger partial charge in [0.2, 0.25) is 0 Å². The van der Waals surface area contributed by atoms with Crippen molar-refractivity contribution < 1.29 is 23.8 Å². The Kier molecular flexibility index (Phi) is 4.55. The summed E-state index contributed by atoms with van der Waals surface area (Å²) < 4.78 is 23.8. The van der Waals surface area contributed by atoms with Gasteiger partial charge in [-0.05, 0) is 36.4 Å². The largest absolute Gasteiger partial charge is 0.490 e. The zero-order valence-electron chi connectivity index (χ0n) is 10.6. The average molecular weight is 276 g/mol. The molecule has 2 aromatic rings. The van der Waals surface area contributed by atoms with Gasteiger partial charge in [0.15, 0.2) is 11.6 Å². The standard InChI is InChI=1S/C15H13FO4/c16-13-3-1-2-4-14(13)20-10-9-19-12-7-5-11(6-8-12)15(17)18/h1-8H,9-10H2,(H,17,18). The van der Waals surface area contributed by atoms with Crippen LogP contribution in [0.15, 0.2) is 48.5 Å². The fourth-order valence-corrected chi connectivity index (χ4v) is 1.57. The molecule has 0 aliphatic rings. The Labute approximate surface area is 115 Å². The molecule has 0 aromatic heterocycles. The lowest BCUT2D eigenvalue weighted by Crippen LogP contribution is -2.09. The number of rotatable bonds is 6. The van der Waals surface area contributed by atoms with Crippen molar-refractivity contribution in [2.75, 3.05) is 13.2 Å². The van der Waals surface area contributed by atoms with Gasteiger partial charge in [0.05, 0.1) is 5.56 Å². The quantitative estimate of drug-likeness (QED) is 0.824. The third-order valence-electron chi connectivity index (χ3n) is 2.55. The van der Waals surface area contributed by atoms with Crippen LogP contribution < -0.4 is 9.47 Å². The SMILES string of the molecule is O=C(O)c1ccc(OCCOc2ccccc2F)cc1. The highest BCUT2D eigenvalue weighted by atomic mass is 19.1. The number of halogens is 1.